The molecule has 0 fully saturated rings. The fourth-order valence-corrected chi connectivity index (χ4v) is 5.71. The lowest BCUT2D eigenvalue weighted by Gasteiger charge is -2.26. The third kappa shape index (κ3) is 6.67. The van der Waals surface area contributed by atoms with Crippen LogP contribution in [0.2, 0.25) is 0 Å². The minimum atomic E-state index is -4.13. The highest BCUT2D eigenvalue weighted by Crippen LogP contribution is 2.33. The predicted molar refractivity (Wildman–Crippen MR) is 152 cm³/mol. The van der Waals surface area contributed by atoms with Gasteiger partial charge in [0.05, 0.1) is 30.8 Å². The molecule has 0 spiro atoms. The lowest BCUT2D eigenvalue weighted by molar-refractivity contribution is -0.120. The van der Waals surface area contributed by atoms with E-state index in [2.05, 4.69) is 38.2 Å². The van der Waals surface area contributed by atoms with Crippen LogP contribution >= 0.6 is 0 Å². The summed E-state index contributed by atoms with van der Waals surface area (Å²) in [6.07, 6.45) is 0. The molecule has 0 saturated carbocycles. The van der Waals surface area contributed by atoms with Crippen LogP contribution in [0.3, 0.4) is 0 Å². The van der Waals surface area contributed by atoms with E-state index in [1.165, 1.54) is 38.0 Å². The van der Waals surface area contributed by atoms with Gasteiger partial charge in [-0.3, -0.25) is 9.10 Å². The minimum absolute atomic E-state index is 0.00655. The number of nitrogens with zero attached hydrogens (tertiary/aromatic N) is 1. The highest BCUT2D eigenvalue weighted by Gasteiger charge is 2.29. The molecule has 1 atom stereocenters. The van der Waals surface area contributed by atoms with Crippen molar-refractivity contribution in [2.24, 2.45) is 0 Å². The molecule has 204 valence electrons. The summed E-state index contributed by atoms with van der Waals surface area (Å²) in [4.78, 5) is 13.2. The molecule has 0 bridgehead atoms. The van der Waals surface area contributed by atoms with Gasteiger partial charge in [0.15, 0.2) is 11.5 Å². The molecule has 0 saturated heterocycles. The first-order valence-electron chi connectivity index (χ1n) is 12.5. The molecule has 0 aliphatic carbocycles. The number of ether oxygens (including phenoxy) is 2. The zero-order valence-corrected chi connectivity index (χ0v) is 24.3. The number of nitrogens with one attached hydrogen (secondary N) is 1. The summed E-state index contributed by atoms with van der Waals surface area (Å²) in [5.74, 6) is 0.278. The lowest BCUT2D eigenvalue weighted by atomic mass is 9.86. The number of anilines is 1. The molecule has 3 rings (SSSR count). The van der Waals surface area contributed by atoms with Gasteiger partial charge in [-0.05, 0) is 72.7 Å². The Hall–Kier alpha value is -3.52. The number of carbonyl (C=O) groups is 1. The number of hydrogen-bond acceptors (Lipinski definition) is 5. The molecule has 0 heterocycles. The Morgan fingerprint density at radius 3 is 2.00 bits per heavy atom. The predicted octanol–water partition coefficient (Wildman–Crippen LogP) is 5.69. The molecular weight excluding hydrogens is 500 g/mol. The molecule has 0 radical (unpaired) electrons. The van der Waals surface area contributed by atoms with Crippen LogP contribution in [0.1, 0.15) is 56.0 Å². The second-order valence-corrected chi connectivity index (χ2v) is 12.4. The molecule has 1 amide bonds. The number of carbonyl (C=O) groups excluding carboxylic acids is 1. The van der Waals surface area contributed by atoms with Gasteiger partial charge in [0.1, 0.15) is 6.54 Å². The lowest BCUT2D eigenvalue weighted by Crippen LogP contribution is -2.41. The van der Waals surface area contributed by atoms with E-state index in [1.54, 1.807) is 12.1 Å². The summed E-state index contributed by atoms with van der Waals surface area (Å²) in [7, 11) is -1.20. The Kier molecular flexibility index (Phi) is 8.77. The van der Waals surface area contributed by atoms with E-state index in [0.29, 0.717) is 11.4 Å². The summed E-state index contributed by atoms with van der Waals surface area (Å²) >= 11 is 0. The average molecular weight is 539 g/mol. The quantitative estimate of drug-likeness (QED) is 0.378. The van der Waals surface area contributed by atoms with E-state index < -0.39 is 15.9 Å². The second kappa shape index (κ2) is 11.5. The number of hydrogen-bond donors (Lipinski definition) is 1. The summed E-state index contributed by atoms with van der Waals surface area (Å²) in [5.41, 5.74) is 4.35. The Labute approximate surface area is 226 Å². The first kappa shape index (κ1) is 29.0. The number of amides is 1. The number of methoxy groups -OCH3 is 2. The molecule has 0 aliphatic heterocycles. The smallest absolute Gasteiger partial charge is 0.264 e. The van der Waals surface area contributed by atoms with Gasteiger partial charge in [-0.25, -0.2) is 8.42 Å². The fraction of sp³-hybridized carbons (Fsp3) is 0.367. The molecule has 0 aliphatic rings. The largest absolute Gasteiger partial charge is 0.493 e. The van der Waals surface area contributed by atoms with Gasteiger partial charge in [0.25, 0.3) is 10.0 Å². The third-order valence-electron chi connectivity index (χ3n) is 6.38. The van der Waals surface area contributed by atoms with Crippen LogP contribution in [0.15, 0.2) is 65.6 Å². The Bertz CT molecular complexity index is 1370. The van der Waals surface area contributed by atoms with Crippen molar-refractivity contribution in [2.75, 3.05) is 25.1 Å². The monoisotopic (exact) mass is 538 g/mol. The van der Waals surface area contributed by atoms with Crippen LogP contribution in [-0.2, 0) is 20.2 Å². The zero-order valence-electron chi connectivity index (χ0n) is 23.5. The normalized spacial score (nSPS) is 12.5. The number of sulfonamides is 1. The van der Waals surface area contributed by atoms with Crippen molar-refractivity contribution in [2.45, 2.75) is 57.9 Å². The Morgan fingerprint density at radius 2 is 1.47 bits per heavy atom. The maximum absolute atomic E-state index is 13.9. The number of rotatable bonds is 9. The van der Waals surface area contributed by atoms with Gasteiger partial charge in [-0.1, -0.05) is 51.1 Å². The van der Waals surface area contributed by atoms with Crippen molar-refractivity contribution in [3.8, 4) is 11.5 Å². The second-order valence-electron chi connectivity index (χ2n) is 10.5. The van der Waals surface area contributed by atoms with E-state index >= 15 is 0 Å². The van der Waals surface area contributed by atoms with Gasteiger partial charge in [0.2, 0.25) is 5.91 Å². The van der Waals surface area contributed by atoms with Crippen LogP contribution in [0.25, 0.3) is 0 Å². The van der Waals surface area contributed by atoms with Gasteiger partial charge in [0, 0.05) is 6.07 Å². The van der Waals surface area contributed by atoms with Crippen LogP contribution in [-0.4, -0.2) is 35.1 Å². The molecule has 38 heavy (non-hydrogen) atoms. The first-order chi connectivity index (χ1) is 17.8. The van der Waals surface area contributed by atoms with Gasteiger partial charge in [-0.2, -0.15) is 0 Å². The van der Waals surface area contributed by atoms with Gasteiger partial charge >= 0.3 is 0 Å². The van der Waals surface area contributed by atoms with Crippen LogP contribution in [0.5, 0.6) is 11.5 Å². The van der Waals surface area contributed by atoms with E-state index in [1.807, 2.05) is 39.0 Å². The van der Waals surface area contributed by atoms with Crippen molar-refractivity contribution < 1.29 is 22.7 Å². The molecule has 0 unspecified atom stereocenters. The van der Waals surface area contributed by atoms with Crippen molar-refractivity contribution in [3.05, 3.63) is 82.9 Å². The Balaban J connectivity index is 1.94. The van der Waals surface area contributed by atoms with Crippen molar-refractivity contribution >= 4 is 21.6 Å². The van der Waals surface area contributed by atoms with Gasteiger partial charge in [-0.15, -0.1) is 0 Å². The Morgan fingerprint density at radius 1 is 0.895 bits per heavy atom. The van der Waals surface area contributed by atoms with Crippen molar-refractivity contribution in [1.82, 2.24) is 5.32 Å². The van der Waals surface area contributed by atoms with Gasteiger partial charge < -0.3 is 14.8 Å². The van der Waals surface area contributed by atoms with Crippen LogP contribution < -0.4 is 19.1 Å². The highest BCUT2D eigenvalue weighted by atomic mass is 32.2. The SMILES string of the molecule is COc1ccc(S(=O)(=O)N(CC(=O)N[C@@H](C)c2ccc(C(C)(C)C)cc2)c2cc(C)cc(C)c2)cc1OC. The molecule has 3 aromatic rings. The average Bonchev–Trinajstić information content (AvgIpc) is 2.85. The standard InChI is InChI=1S/C30H38N2O5S/c1-20-15-21(2)17-25(16-20)32(38(34,35)26-13-14-27(36-7)28(18-26)37-8)19-29(33)31-22(3)23-9-11-24(12-10-23)30(4,5)6/h9-18,22H,19H2,1-8H3,(H,31,33)/t22-/m0/s1. The first-order valence-corrected chi connectivity index (χ1v) is 13.9. The minimum Gasteiger partial charge on any atom is -0.493 e. The zero-order chi connectivity index (χ0) is 28.3. The number of aryl methyl sites for hydroxylation is 2. The molecule has 8 heteroatoms. The van der Waals surface area contributed by atoms with Crippen molar-refractivity contribution in [1.29, 1.82) is 0 Å². The summed E-state index contributed by atoms with van der Waals surface area (Å²) < 4.78 is 39.5. The maximum Gasteiger partial charge on any atom is 0.264 e. The summed E-state index contributed by atoms with van der Waals surface area (Å²) in [6.45, 7) is 11.7. The van der Waals surface area contributed by atoms with E-state index in [9.17, 15) is 13.2 Å². The van der Waals surface area contributed by atoms with E-state index in [4.69, 9.17) is 9.47 Å². The molecule has 1 N–H and O–H groups in total. The fourth-order valence-electron chi connectivity index (χ4n) is 4.29. The van der Waals surface area contributed by atoms with E-state index in [0.717, 1.165) is 21.0 Å². The van der Waals surface area contributed by atoms with Crippen LogP contribution in [0, 0.1) is 13.8 Å². The molecule has 3 aromatic carbocycles. The molecule has 0 aromatic heterocycles. The highest BCUT2D eigenvalue weighted by molar-refractivity contribution is 7.92. The van der Waals surface area contributed by atoms with E-state index in [-0.39, 0.29) is 28.6 Å². The van der Waals surface area contributed by atoms with Crippen molar-refractivity contribution in [3.63, 3.8) is 0 Å². The maximum atomic E-state index is 13.9. The van der Waals surface area contributed by atoms with Crippen LogP contribution in [0.4, 0.5) is 5.69 Å². The summed E-state index contributed by atoms with van der Waals surface area (Å²) in [6, 6.07) is 17.7. The number of benzene rings is 3. The molecular formula is C30H38N2O5S. The third-order valence-corrected chi connectivity index (χ3v) is 8.15. The summed E-state index contributed by atoms with van der Waals surface area (Å²) in [5, 5.41) is 2.96. The topological polar surface area (TPSA) is 84.9 Å². The molecule has 7 nitrogen and oxygen atoms in total.